The van der Waals surface area contributed by atoms with Gasteiger partial charge >= 0.3 is 6.01 Å². The summed E-state index contributed by atoms with van der Waals surface area (Å²) in [5.41, 5.74) is 1.02. The van der Waals surface area contributed by atoms with Crippen molar-refractivity contribution in [1.82, 2.24) is 25.0 Å². The van der Waals surface area contributed by atoms with Crippen molar-refractivity contribution in [2.75, 3.05) is 30.4 Å². The van der Waals surface area contributed by atoms with Crippen LogP contribution in [0.15, 0.2) is 30.5 Å². The van der Waals surface area contributed by atoms with Gasteiger partial charge in [0, 0.05) is 36.3 Å². The Bertz CT molecular complexity index is 1140. The summed E-state index contributed by atoms with van der Waals surface area (Å²) in [6.45, 7) is 5.78. The lowest BCUT2D eigenvalue weighted by molar-refractivity contribution is 0.371. The number of methoxy groups -OCH3 is 1. The van der Waals surface area contributed by atoms with Gasteiger partial charge in [0.2, 0.25) is 11.8 Å². The lowest BCUT2D eigenvalue weighted by atomic mass is 9.92. The number of fused-ring (bicyclic) bond motifs is 2. The van der Waals surface area contributed by atoms with E-state index in [0.717, 1.165) is 31.6 Å². The monoisotopic (exact) mass is 487 g/mol. The molecule has 11 heteroatoms. The van der Waals surface area contributed by atoms with Crippen molar-refractivity contribution >= 4 is 23.2 Å². The molecule has 1 aromatic carbocycles. The molecule has 3 aromatic rings. The molecule has 3 atom stereocenters. The van der Waals surface area contributed by atoms with Crippen LogP contribution in [0.1, 0.15) is 32.7 Å². The standard InChI is InChI=1S/C23H27ClFN7O2/c1-13(2)32-23(34-19-7-16(24)6-17(25)8-19)28-22(30-32)27-21-14-4-5-15(21)12-31(11-14)18-9-20(33-3)29-26-10-18/h6-10,13-15,21H,4-5,11-12H2,1-3H3,(H,27,30)/t14-,15+,21?. The van der Waals surface area contributed by atoms with Crippen molar-refractivity contribution in [3.05, 3.63) is 41.3 Å². The van der Waals surface area contributed by atoms with Gasteiger partial charge in [0.25, 0.3) is 0 Å². The third kappa shape index (κ3) is 4.59. The van der Waals surface area contributed by atoms with Crippen molar-refractivity contribution in [3.63, 3.8) is 0 Å². The van der Waals surface area contributed by atoms with Gasteiger partial charge in [-0.3, -0.25) is 0 Å². The fourth-order valence-corrected chi connectivity index (χ4v) is 5.11. The SMILES string of the molecule is COc1cc(N2C[C@H]3CC[C@@H](C2)C3Nc2nc(Oc3cc(F)cc(Cl)c3)n(C(C)C)n2)cnn1. The number of halogens is 2. The van der Waals surface area contributed by atoms with E-state index in [2.05, 4.69) is 30.5 Å². The lowest BCUT2D eigenvalue weighted by Crippen LogP contribution is -2.48. The molecule has 5 rings (SSSR count). The first-order chi connectivity index (χ1) is 16.4. The molecule has 180 valence electrons. The minimum atomic E-state index is -0.471. The second-order valence-electron chi connectivity index (χ2n) is 9.09. The maximum atomic E-state index is 13.8. The Labute approximate surface area is 202 Å². The van der Waals surface area contributed by atoms with Crippen LogP contribution in [0.5, 0.6) is 17.6 Å². The van der Waals surface area contributed by atoms with E-state index in [1.54, 1.807) is 24.1 Å². The van der Waals surface area contributed by atoms with E-state index in [1.807, 2.05) is 19.9 Å². The molecule has 1 aliphatic heterocycles. The van der Waals surface area contributed by atoms with E-state index >= 15 is 0 Å². The highest BCUT2D eigenvalue weighted by atomic mass is 35.5. The van der Waals surface area contributed by atoms with Crippen molar-refractivity contribution in [2.45, 2.75) is 38.8 Å². The molecule has 1 N–H and O–H groups in total. The van der Waals surface area contributed by atoms with Crippen molar-refractivity contribution in [3.8, 4) is 17.6 Å². The predicted molar refractivity (Wildman–Crippen MR) is 126 cm³/mol. The zero-order valence-electron chi connectivity index (χ0n) is 19.3. The lowest BCUT2D eigenvalue weighted by Gasteiger charge is -2.39. The zero-order chi connectivity index (χ0) is 23.8. The van der Waals surface area contributed by atoms with Crippen LogP contribution in [0.2, 0.25) is 5.02 Å². The van der Waals surface area contributed by atoms with Gasteiger partial charge < -0.3 is 19.7 Å². The maximum absolute atomic E-state index is 13.8. The van der Waals surface area contributed by atoms with Crippen LogP contribution in [-0.2, 0) is 0 Å². The minimum absolute atomic E-state index is 0.00909. The van der Waals surface area contributed by atoms with Crippen molar-refractivity contribution in [1.29, 1.82) is 0 Å². The molecule has 0 spiro atoms. The van der Waals surface area contributed by atoms with E-state index < -0.39 is 5.82 Å². The number of hydrogen-bond acceptors (Lipinski definition) is 8. The van der Waals surface area contributed by atoms with E-state index in [0.29, 0.717) is 29.7 Å². The summed E-state index contributed by atoms with van der Waals surface area (Å²) in [6.07, 6.45) is 4.04. The molecular formula is C23H27ClFN7O2. The highest BCUT2D eigenvalue weighted by Gasteiger charge is 2.43. The number of nitrogens with zero attached hydrogens (tertiary/aromatic N) is 6. The topological polar surface area (TPSA) is 90.2 Å². The van der Waals surface area contributed by atoms with Crippen LogP contribution in [-0.4, -0.2) is 51.2 Å². The van der Waals surface area contributed by atoms with E-state index in [9.17, 15) is 4.39 Å². The van der Waals surface area contributed by atoms with Gasteiger partial charge in [0.05, 0.1) is 25.0 Å². The average Bonchev–Trinajstić information content (AvgIpc) is 3.29. The number of ether oxygens (including phenoxy) is 2. The van der Waals surface area contributed by atoms with Crippen LogP contribution in [0.25, 0.3) is 0 Å². The Morgan fingerprint density at radius 3 is 2.59 bits per heavy atom. The quantitative estimate of drug-likeness (QED) is 0.518. The molecule has 9 nitrogen and oxygen atoms in total. The van der Waals surface area contributed by atoms with E-state index in [4.69, 9.17) is 21.1 Å². The van der Waals surface area contributed by atoms with Gasteiger partial charge in [-0.1, -0.05) is 11.6 Å². The van der Waals surface area contributed by atoms with E-state index in [-0.39, 0.29) is 22.9 Å². The third-order valence-electron chi connectivity index (χ3n) is 6.46. The molecule has 1 saturated carbocycles. The van der Waals surface area contributed by atoms with Crippen LogP contribution in [0.4, 0.5) is 16.0 Å². The molecular weight excluding hydrogens is 461 g/mol. The number of aromatic nitrogens is 5. The maximum Gasteiger partial charge on any atom is 0.322 e. The fraction of sp³-hybridized carbons (Fsp3) is 0.478. The highest BCUT2D eigenvalue weighted by Crippen LogP contribution is 2.40. The number of piperidine rings is 1. The molecule has 1 aliphatic carbocycles. The molecule has 1 saturated heterocycles. The Kier molecular flexibility index (Phi) is 6.16. The molecule has 2 fully saturated rings. The number of rotatable bonds is 7. The Morgan fingerprint density at radius 1 is 1.15 bits per heavy atom. The first kappa shape index (κ1) is 22.6. The van der Waals surface area contributed by atoms with Gasteiger partial charge in [-0.25, -0.2) is 9.07 Å². The van der Waals surface area contributed by atoms with Crippen molar-refractivity contribution < 1.29 is 13.9 Å². The molecule has 2 aliphatic rings. The predicted octanol–water partition coefficient (Wildman–Crippen LogP) is 4.57. The van der Waals surface area contributed by atoms with Crippen molar-refractivity contribution in [2.24, 2.45) is 11.8 Å². The summed E-state index contributed by atoms with van der Waals surface area (Å²) >= 11 is 5.97. The molecule has 34 heavy (non-hydrogen) atoms. The smallest absolute Gasteiger partial charge is 0.322 e. The van der Waals surface area contributed by atoms with Crippen LogP contribution >= 0.6 is 11.6 Å². The van der Waals surface area contributed by atoms with Crippen LogP contribution in [0.3, 0.4) is 0 Å². The first-order valence-electron chi connectivity index (χ1n) is 11.4. The molecule has 2 bridgehead atoms. The molecule has 0 radical (unpaired) electrons. The summed E-state index contributed by atoms with van der Waals surface area (Å²) in [5, 5.41) is 16.5. The summed E-state index contributed by atoms with van der Waals surface area (Å²) in [5.74, 6) is 1.71. The Morgan fingerprint density at radius 2 is 1.91 bits per heavy atom. The summed E-state index contributed by atoms with van der Waals surface area (Å²) in [7, 11) is 1.60. The Hall–Kier alpha value is -3.14. The van der Waals surface area contributed by atoms with Gasteiger partial charge in [0.15, 0.2) is 0 Å². The molecule has 2 aromatic heterocycles. The Balaban J connectivity index is 1.32. The zero-order valence-corrected chi connectivity index (χ0v) is 20.0. The number of nitrogens with one attached hydrogen (secondary N) is 1. The molecule has 1 unspecified atom stereocenters. The van der Waals surface area contributed by atoms with Crippen LogP contribution < -0.4 is 19.7 Å². The average molecular weight is 488 g/mol. The summed E-state index contributed by atoms with van der Waals surface area (Å²) < 4.78 is 26.5. The molecule has 0 amide bonds. The van der Waals surface area contributed by atoms with Gasteiger partial charge in [-0.2, -0.15) is 10.1 Å². The third-order valence-corrected chi connectivity index (χ3v) is 6.67. The highest BCUT2D eigenvalue weighted by molar-refractivity contribution is 6.30. The largest absolute Gasteiger partial charge is 0.480 e. The molecule has 3 heterocycles. The minimum Gasteiger partial charge on any atom is -0.480 e. The summed E-state index contributed by atoms with van der Waals surface area (Å²) in [4.78, 5) is 6.93. The summed E-state index contributed by atoms with van der Waals surface area (Å²) in [6, 6.07) is 6.54. The van der Waals surface area contributed by atoms with Gasteiger partial charge in [-0.05, 0) is 50.7 Å². The fourth-order valence-electron chi connectivity index (χ4n) is 4.90. The number of benzene rings is 1. The second kappa shape index (κ2) is 9.25. The van der Waals surface area contributed by atoms with Crippen LogP contribution in [0, 0.1) is 17.7 Å². The number of hydrogen-bond donors (Lipinski definition) is 1. The van der Waals surface area contributed by atoms with Gasteiger partial charge in [0.1, 0.15) is 11.6 Å². The second-order valence-corrected chi connectivity index (χ2v) is 9.53. The van der Waals surface area contributed by atoms with Gasteiger partial charge in [-0.15, -0.1) is 10.2 Å². The van der Waals surface area contributed by atoms with E-state index in [1.165, 1.54) is 12.1 Å². The number of anilines is 2. The normalized spacial score (nSPS) is 21.7. The first-order valence-corrected chi connectivity index (χ1v) is 11.8.